The van der Waals surface area contributed by atoms with Crippen LogP contribution in [0.15, 0.2) is 59.9 Å². The molecule has 214 valence electrons. The first-order valence-corrected chi connectivity index (χ1v) is 14.3. The van der Waals surface area contributed by atoms with E-state index in [9.17, 15) is 26.0 Å². The number of hydrogen-bond acceptors (Lipinski definition) is 5. The first-order valence-electron chi connectivity index (χ1n) is 12.9. The highest BCUT2D eigenvalue weighted by atomic mass is 32.2. The molecular formula is C27H30F4N6O2S. The van der Waals surface area contributed by atoms with E-state index in [1.54, 1.807) is 23.0 Å². The van der Waals surface area contributed by atoms with Gasteiger partial charge >= 0.3 is 6.18 Å². The Morgan fingerprint density at radius 3 is 2.45 bits per heavy atom. The first kappa shape index (κ1) is 28.2. The van der Waals surface area contributed by atoms with Crippen molar-refractivity contribution in [2.45, 2.75) is 44.4 Å². The van der Waals surface area contributed by atoms with Crippen LogP contribution in [0.25, 0.3) is 16.6 Å². The zero-order chi connectivity index (χ0) is 28.8. The molecule has 8 nitrogen and oxygen atoms in total. The summed E-state index contributed by atoms with van der Waals surface area (Å²) in [6.45, 7) is 6.34. The second kappa shape index (κ2) is 10.6. The fourth-order valence-corrected chi connectivity index (χ4v) is 6.63. The molecule has 0 N–H and O–H groups in total. The second-order valence-corrected chi connectivity index (χ2v) is 12.5. The molecule has 1 fully saturated rings. The minimum atomic E-state index is -4.51. The number of aromatic nitrogens is 4. The lowest BCUT2D eigenvalue weighted by Gasteiger charge is -2.42. The standard InChI is InChI=1S/C27H30F4N6O2S/c1-18(2)14-34-8-9-36(40(38,39)23-13-32-35(15-23)17-27(29,30)31)16-26(34)24-11-20-12-33-37(25(20)10-19(24)3)22-6-4-21(28)5-7-22/h4-7,10-13,15,18,26H,8-9,14,16-17H2,1-3H3/t26-/m1/s1. The van der Waals surface area contributed by atoms with Crippen LogP contribution in [0.3, 0.4) is 0 Å². The predicted octanol–water partition coefficient (Wildman–Crippen LogP) is 4.94. The third-order valence-corrected chi connectivity index (χ3v) is 8.85. The number of benzene rings is 2. The quantitative estimate of drug-likeness (QED) is 0.291. The van der Waals surface area contributed by atoms with Crippen LogP contribution in [0, 0.1) is 18.7 Å². The summed E-state index contributed by atoms with van der Waals surface area (Å²) in [5, 5.41) is 8.97. The Balaban J connectivity index is 1.48. The number of sulfonamides is 1. The van der Waals surface area contributed by atoms with Gasteiger partial charge in [-0.3, -0.25) is 9.58 Å². The van der Waals surface area contributed by atoms with Crippen molar-refractivity contribution >= 4 is 20.9 Å². The zero-order valence-corrected chi connectivity index (χ0v) is 23.1. The fourth-order valence-electron chi connectivity index (χ4n) is 5.24. The van der Waals surface area contributed by atoms with Gasteiger partial charge in [0.05, 0.1) is 23.6 Å². The molecule has 4 aromatic rings. The maximum atomic E-state index is 13.5. The van der Waals surface area contributed by atoms with Crippen molar-refractivity contribution in [2.24, 2.45) is 5.92 Å². The average Bonchev–Trinajstić information content (AvgIpc) is 3.50. The highest BCUT2D eigenvalue weighted by Crippen LogP contribution is 2.34. The second-order valence-electron chi connectivity index (χ2n) is 10.6. The molecule has 0 bridgehead atoms. The summed E-state index contributed by atoms with van der Waals surface area (Å²) >= 11 is 0. The van der Waals surface area contributed by atoms with Crippen LogP contribution >= 0.6 is 0 Å². The van der Waals surface area contributed by atoms with Crippen LogP contribution in [0.4, 0.5) is 17.6 Å². The Kier molecular flexibility index (Phi) is 7.48. The molecule has 3 heterocycles. The van der Waals surface area contributed by atoms with E-state index in [1.807, 2.05) is 19.1 Å². The van der Waals surface area contributed by atoms with Crippen LogP contribution in [0.2, 0.25) is 0 Å². The highest BCUT2D eigenvalue weighted by Gasteiger charge is 2.37. The van der Waals surface area contributed by atoms with Gasteiger partial charge in [0.2, 0.25) is 10.0 Å². The lowest BCUT2D eigenvalue weighted by Crippen LogP contribution is -2.51. The predicted molar refractivity (Wildman–Crippen MR) is 142 cm³/mol. The highest BCUT2D eigenvalue weighted by molar-refractivity contribution is 7.89. The number of nitrogens with zero attached hydrogens (tertiary/aromatic N) is 6. The molecule has 0 amide bonds. The van der Waals surface area contributed by atoms with Gasteiger partial charge in [0, 0.05) is 43.8 Å². The van der Waals surface area contributed by atoms with E-state index in [1.165, 1.54) is 16.4 Å². The van der Waals surface area contributed by atoms with Gasteiger partial charge in [-0.05, 0) is 60.4 Å². The SMILES string of the molecule is Cc1cc2c(cnn2-c2ccc(F)cc2)cc1[C@H]1CN(S(=O)(=O)c2cnn(CC(F)(F)F)c2)CCN1CC(C)C. The average molecular weight is 579 g/mol. The number of piperazine rings is 1. The Labute approximate surface area is 229 Å². The third kappa shape index (κ3) is 5.77. The van der Waals surface area contributed by atoms with E-state index in [-0.39, 0.29) is 29.8 Å². The molecule has 40 heavy (non-hydrogen) atoms. The summed E-state index contributed by atoms with van der Waals surface area (Å²) in [5.74, 6) is -0.00931. The minimum Gasteiger partial charge on any atom is -0.293 e. The van der Waals surface area contributed by atoms with Crippen molar-refractivity contribution in [1.29, 1.82) is 0 Å². The van der Waals surface area contributed by atoms with E-state index in [4.69, 9.17) is 0 Å². The van der Waals surface area contributed by atoms with Crippen molar-refractivity contribution in [1.82, 2.24) is 28.8 Å². The van der Waals surface area contributed by atoms with Gasteiger partial charge in [0.1, 0.15) is 17.3 Å². The summed E-state index contributed by atoms with van der Waals surface area (Å²) in [7, 11) is -4.07. The van der Waals surface area contributed by atoms with Crippen molar-refractivity contribution < 1.29 is 26.0 Å². The monoisotopic (exact) mass is 578 g/mol. The van der Waals surface area contributed by atoms with Crippen LogP contribution in [-0.4, -0.2) is 69.5 Å². The molecule has 0 spiro atoms. The lowest BCUT2D eigenvalue weighted by molar-refractivity contribution is -0.142. The molecule has 1 atom stereocenters. The number of fused-ring (bicyclic) bond motifs is 1. The largest absolute Gasteiger partial charge is 0.408 e. The molecule has 1 aliphatic heterocycles. The maximum Gasteiger partial charge on any atom is 0.408 e. The van der Waals surface area contributed by atoms with Gasteiger partial charge in [-0.2, -0.15) is 27.7 Å². The number of hydrogen-bond donors (Lipinski definition) is 0. The van der Waals surface area contributed by atoms with Crippen molar-refractivity contribution in [3.63, 3.8) is 0 Å². The Morgan fingerprint density at radius 2 is 1.77 bits per heavy atom. The molecule has 1 saturated heterocycles. The Hall–Kier alpha value is -3.29. The molecule has 13 heteroatoms. The molecule has 0 aliphatic carbocycles. The number of rotatable bonds is 7. The summed E-state index contributed by atoms with van der Waals surface area (Å²) in [6, 6.07) is 9.76. The van der Waals surface area contributed by atoms with E-state index < -0.39 is 22.7 Å². The third-order valence-electron chi connectivity index (χ3n) is 7.03. The van der Waals surface area contributed by atoms with Crippen LogP contribution < -0.4 is 0 Å². The molecule has 1 aliphatic rings. The summed E-state index contributed by atoms with van der Waals surface area (Å²) in [6.07, 6.45) is -0.890. The van der Waals surface area contributed by atoms with Gasteiger partial charge in [-0.15, -0.1) is 0 Å². The van der Waals surface area contributed by atoms with Crippen LogP contribution in [0.5, 0.6) is 0 Å². The van der Waals surface area contributed by atoms with E-state index in [0.29, 0.717) is 22.8 Å². The number of halogens is 4. The van der Waals surface area contributed by atoms with E-state index in [0.717, 1.165) is 41.0 Å². The normalized spacial score (nSPS) is 17.8. The smallest absolute Gasteiger partial charge is 0.293 e. The molecule has 0 radical (unpaired) electrons. The molecule has 2 aromatic carbocycles. The molecule has 0 unspecified atom stereocenters. The van der Waals surface area contributed by atoms with Crippen molar-refractivity contribution in [3.05, 3.63) is 71.9 Å². The summed E-state index contributed by atoms with van der Waals surface area (Å²) < 4.78 is 82.5. The van der Waals surface area contributed by atoms with Crippen LogP contribution in [0.1, 0.15) is 31.0 Å². The lowest BCUT2D eigenvalue weighted by atomic mass is 9.96. The van der Waals surface area contributed by atoms with E-state index >= 15 is 0 Å². The molecule has 5 rings (SSSR count). The van der Waals surface area contributed by atoms with Gasteiger partial charge in [-0.1, -0.05) is 13.8 Å². The fraction of sp³-hybridized carbons (Fsp3) is 0.407. The van der Waals surface area contributed by atoms with Crippen molar-refractivity contribution in [3.8, 4) is 5.69 Å². The van der Waals surface area contributed by atoms with Gasteiger partial charge < -0.3 is 0 Å². The molecular weight excluding hydrogens is 548 g/mol. The van der Waals surface area contributed by atoms with Gasteiger partial charge in [-0.25, -0.2) is 17.5 Å². The minimum absolute atomic E-state index is 0.137. The Morgan fingerprint density at radius 1 is 1.05 bits per heavy atom. The van der Waals surface area contributed by atoms with Gasteiger partial charge in [0.15, 0.2) is 0 Å². The first-order chi connectivity index (χ1) is 18.8. The zero-order valence-electron chi connectivity index (χ0n) is 22.3. The number of aryl methyl sites for hydroxylation is 1. The van der Waals surface area contributed by atoms with Gasteiger partial charge in [0.25, 0.3) is 0 Å². The summed E-state index contributed by atoms with van der Waals surface area (Å²) in [4.78, 5) is 1.99. The summed E-state index contributed by atoms with van der Waals surface area (Å²) in [5.41, 5.74) is 3.43. The maximum absolute atomic E-state index is 13.5. The van der Waals surface area contributed by atoms with Crippen LogP contribution in [-0.2, 0) is 16.6 Å². The molecule has 2 aromatic heterocycles. The topological polar surface area (TPSA) is 76.3 Å². The van der Waals surface area contributed by atoms with E-state index in [2.05, 4.69) is 28.9 Å². The van der Waals surface area contributed by atoms with Crippen molar-refractivity contribution in [2.75, 3.05) is 26.2 Å². The number of alkyl halides is 3. The molecule has 0 saturated carbocycles. The Bertz CT molecular complexity index is 1610.